The molecule has 20 heavy (non-hydrogen) atoms. The minimum absolute atomic E-state index is 0.0437. The molecule has 0 aromatic heterocycles. The normalized spacial score (nSPS) is 11.7. The first-order valence-corrected chi connectivity index (χ1v) is 7.78. The van der Waals surface area contributed by atoms with Gasteiger partial charge in [-0.15, -0.1) is 0 Å². The molecule has 0 heterocycles. The minimum atomic E-state index is -3.59. The number of hydrogen-bond acceptors (Lipinski definition) is 5. The molecule has 0 aliphatic rings. The molecule has 0 bridgehead atoms. The van der Waals surface area contributed by atoms with E-state index in [0.717, 1.165) is 0 Å². The second-order valence-corrected chi connectivity index (χ2v) is 6.03. The fraction of sp³-hybridized carbons (Fsp3) is 0.538. The van der Waals surface area contributed by atoms with Gasteiger partial charge in [0.25, 0.3) is 0 Å². The molecule has 0 atom stereocenters. The molecule has 0 fully saturated rings. The number of ether oxygens (including phenoxy) is 2. The van der Waals surface area contributed by atoms with E-state index in [2.05, 4.69) is 0 Å². The maximum Gasteiger partial charge on any atom is 0.243 e. The molecule has 0 saturated heterocycles. The lowest BCUT2D eigenvalue weighted by Gasteiger charge is -2.20. The van der Waals surface area contributed by atoms with Crippen molar-refractivity contribution < 1.29 is 23.0 Å². The molecule has 0 radical (unpaired) electrons. The van der Waals surface area contributed by atoms with Gasteiger partial charge in [0.2, 0.25) is 10.0 Å². The van der Waals surface area contributed by atoms with Gasteiger partial charge in [0, 0.05) is 25.8 Å². The van der Waals surface area contributed by atoms with Crippen LogP contribution in [0.3, 0.4) is 0 Å². The highest BCUT2D eigenvalue weighted by molar-refractivity contribution is 7.89. The Labute approximate surface area is 120 Å². The van der Waals surface area contributed by atoms with E-state index in [-0.39, 0.29) is 18.0 Å². The Balaban J connectivity index is 3.13. The molecule has 1 rings (SSSR count). The summed E-state index contributed by atoms with van der Waals surface area (Å²) in [5.41, 5.74) is 0. The van der Waals surface area contributed by atoms with Crippen LogP contribution in [0.4, 0.5) is 0 Å². The summed E-state index contributed by atoms with van der Waals surface area (Å²) in [7, 11) is -0.647. The van der Waals surface area contributed by atoms with E-state index in [4.69, 9.17) is 14.6 Å². The summed E-state index contributed by atoms with van der Waals surface area (Å²) < 4.78 is 36.5. The van der Waals surface area contributed by atoms with Gasteiger partial charge in [0.05, 0.1) is 19.1 Å². The number of rotatable bonds is 8. The van der Waals surface area contributed by atoms with Crippen LogP contribution in [0.25, 0.3) is 0 Å². The van der Waals surface area contributed by atoms with Crippen molar-refractivity contribution in [2.24, 2.45) is 0 Å². The van der Waals surface area contributed by atoms with Crippen LogP contribution in [-0.2, 0) is 10.0 Å². The molecule has 0 aliphatic carbocycles. The van der Waals surface area contributed by atoms with Gasteiger partial charge in [0.1, 0.15) is 0 Å². The van der Waals surface area contributed by atoms with Crippen LogP contribution in [0.1, 0.15) is 13.3 Å². The zero-order valence-corrected chi connectivity index (χ0v) is 12.8. The number of methoxy groups -OCH3 is 2. The highest BCUT2D eigenvalue weighted by Gasteiger charge is 2.23. The topological polar surface area (TPSA) is 76.1 Å². The molecule has 0 amide bonds. The van der Waals surface area contributed by atoms with E-state index < -0.39 is 10.0 Å². The van der Waals surface area contributed by atoms with Gasteiger partial charge in [-0.1, -0.05) is 6.92 Å². The molecule has 6 nitrogen and oxygen atoms in total. The van der Waals surface area contributed by atoms with Crippen LogP contribution in [0.15, 0.2) is 23.1 Å². The summed E-state index contributed by atoms with van der Waals surface area (Å²) in [6.45, 7) is 2.34. The van der Waals surface area contributed by atoms with Crippen molar-refractivity contribution in [1.29, 1.82) is 0 Å². The van der Waals surface area contributed by atoms with Crippen molar-refractivity contribution in [3.05, 3.63) is 18.2 Å². The fourth-order valence-electron chi connectivity index (χ4n) is 1.82. The standard InChI is InChI=1S/C13H21NO5S/c1-4-14(8-5-9-15)20(16,17)11-6-7-12(18-2)13(10-11)19-3/h6-7,10,15H,4-5,8-9H2,1-3H3. The second-order valence-electron chi connectivity index (χ2n) is 4.09. The van der Waals surface area contributed by atoms with E-state index in [1.807, 2.05) is 0 Å². The molecule has 114 valence electrons. The highest BCUT2D eigenvalue weighted by atomic mass is 32.2. The molecule has 1 aromatic rings. The van der Waals surface area contributed by atoms with Crippen molar-refractivity contribution in [1.82, 2.24) is 4.31 Å². The number of benzene rings is 1. The molecule has 0 unspecified atom stereocenters. The molecule has 7 heteroatoms. The first-order valence-electron chi connectivity index (χ1n) is 6.34. The van der Waals surface area contributed by atoms with Crippen molar-refractivity contribution in [2.45, 2.75) is 18.2 Å². The van der Waals surface area contributed by atoms with Gasteiger partial charge in [-0.3, -0.25) is 0 Å². The second kappa shape index (κ2) is 7.47. The van der Waals surface area contributed by atoms with Gasteiger partial charge in [0.15, 0.2) is 11.5 Å². The van der Waals surface area contributed by atoms with Crippen molar-refractivity contribution in [3.8, 4) is 11.5 Å². The first kappa shape index (κ1) is 16.7. The largest absolute Gasteiger partial charge is 0.493 e. The summed E-state index contributed by atoms with van der Waals surface area (Å²) in [5, 5.41) is 8.84. The maximum atomic E-state index is 12.5. The Bertz CT molecular complexity index is 530. The van der Waals surface area contributed by atoms with Gasteiger partial charge >= 0.3 is 0 Å². The lowest BCUT2D eigenvalue weighted by Crippen LogP contribution is -2.32. The van der Waals surface area contributed by atoms with E-state index >= 15 is 0 Å². The number of aliphatic hydroxyl groups is 1. The van der Waals surface area contributed by atoms with Crippen LogP contribution in [0.2, 0.25) is 0 Å². The van der Waals surface area contributed by atoms with E-state index in [1.165, 1.54) is 30.7 Å². The summed E-state index contributed by atoms with van der Waals surface area (Å²) in [6, 6.07) is 4.49. The van der Waals surface area contributed by atoms with Crippen LogP contribution >= 0.6 is 0 Å². The third-order valence-corrected chi connectivity index (χ3v) is 4.88. The van der Waals surface area contributed by atoms with E-state index in [1.54, 1.807) is 13.0 Å². The highest BCUT2D eigenvalue weighted by Crippen LogP contribution is 2.30. The van der Waals surface area contributed by atoms with E-state index in [9.17, 15) is 8.42 Å². The van der Waals surface area contributed by atoms with E-state index in [0.29, 0.717) is 24.5 Å². The molecular weight excluding hydrogens is 282 g/mol. The monoisotopic (exact) mass is 303 g/mol. The summed E-state index contributed by atoms with van der Waals surface area (Å²) >= 11 is 0. The molecular formula is C13H21NO5S. The number of sulfonamides is 1. The van der Waals surface area contributed by atoms with Gasteiger partial charge in [-0.05, 0) is 18.6 Å². The summed E-state index contributed by atoms with van der Waals surface area (Å²) in [6.07, 6.45) is 0.403. The van der Waals surface area contributed by atoms with Crippen molar-refractivity contribution >= 4 is 10.0 Å². The lowest BCUT2D eigenvalue weighted by atomic mass is 10.3. The predicted octanol–water partition coefficient (Wildman–Crippen LogP) is 1.10. The van der Waals surface area contributed by atoms with Gasteiger partial charge < -0.3 is 14.6 Å². The average Bonchev–Trinajstić information content (AvgIpc) is 2.46. The number of hydrogen-bond donors (Lipinski definition) is 1. The molecule has 0 spiro atoms. The lowest BCUT2D eigenvalue weighted by molar-refractivity contribution is 0.271. The van der Waals surface area contributed by atoms with Crippen LogP contribution in [-0.4, -0.2) is 51.7 Å². The SMILES string of the molecule is CCN(CCCO)S(=O)(=O)c1ccc(OC)c(OC)c1. The molecule has 1 N–H and O–H groups in total. The smallest absolute Gasteiger partial charge is 0.243 e. The molecule has 1 aromatic carbocycles. The quantitative estimate of drug-likeness (QED) is 0.778. The average molecular weight is 303 g/mol. The first-order chi connectivity index (χ1) is 9.51. The molecule has 0 aliphatic heterocycles. The molecule has 0 saturated carbocycles. The zero-order valence-electron chi connectivity index (χ0n) is 12.0. The fourth-order valence-corrected chi connectivity index (χ4v) is 3.32. The Kier molecular flexibility index (Phi) is 6.25. The van der Waals surface area contributed by atoms with Gasteiger partial charge in [-0.2, -0.15) is 4.31 Å². The number of aliphatic hydroxyl groups excluding tert-OH is 1. The van der Waals surface area contributed by atoms with Crippen LogP contribution in [0.5, 0.6) is 11.5 Å². The minimum Gasteiger partial charge on any atom is -0.493 e. The van der Waals surface area contributed by atoms with Crippen molar-refractivity contribution in [2.75, 3.05) is 33.9 Å². The maximum absolute atomic E-state index is 12.5. The van der Waals surface area contributed by atoms with Crippen molar-refractivity contribution in [3.63, 3.8) is 0 Å². The van der Waals surface area contributed by atoms with Crippen LogP contribution in [0, 0.1) is 0 Å². The third-order valence-electron chi connectivity index (χ3n) is 2.91. The van der Waals surface area contributed by atoms with Crippen LogP contribution < -0.4 is 9.47 Å². The van der Waals surface area contributed by atoms with Gasteiger partial charge in [-0.25, -0.2) is 8.42 Å². The Morgan fingerprint density at radius 2 is 1.85 bits per heavy atom. The summed E-state index contributed by atoms with van der Waals surface area (Å²) in [5.74, 6) is 0.844. The number of nitrogens with zero attached hydrogens (tertiary/aromatic N) is 1. The zero-order chi connectivity index (χ0) is 15.2. The summed E-state index contributed by atoms with van der Waals surface area (Å²) in [4.78, 5) is 0.148. The Morgan fingerprint density at radius 3 is 2.35 bits per heavy atom. The third kappa shape index (κ3) is 3.62. The predicted molar refractivity (Wildman–Crippen MR) is 75.7 cm³/mol. The Hall–Kier alpha value is -1.31. The Morgan fingerprint density at radius 1 is 1.20 bits per heavy atom.